The van der Waals surface area contributed by atoms with E-state index in [0.717, 1.165) is 5.69 Å². The van der Waals surface area contributed by atoms with Crippen molar-refractivity contribution in [2.45, 2.75) is 26.3 Å². The van der Waals surface area contributed by atoms with E-state index >= 15 is 0 Å². The maximum absolute atomic E-state index is 5.23. The van der Waals surface area contributed by atoms with Gasteiger partial charge < -0.3 is 20.1 Å². The van der Waals surface area contributed by atoms with Crippen LogP contribution in [0.5, 0.6) is 11.5 Å². The Morgan fingerprint density at radius 1 is 1.11 bits per heavy atom. The molecule has 0 atom stereocenters. The molecule has 0 aliphatic carbocycles. The number of methoxy groups -OCH3 is 2. The van der Waals surface area contributed by atoms with Gasteiger partial charge in [-0.1, -0.05) is 0 Å². The molecule has 2 N–H and O–H groups in total. The maximum atomic E-state index is 5.23. The lowest BCUT2D eigenvalue weighted by Crippen LogP contribution is -2.42. The fourth-order valence-electron chi connectivity index (χ4n) is 1.42. The Kier molecular flexibility index (Phi) is 4.78. The highest BCUT2D eigenvalue weighted by Gasteiger charge is 2.11. The zero-order chi connectivity index (χ0) is 13.8. The van der Waals surface area contributed by atoms with Gasteiger partial charge in [0.2, 0.25) is 0 Å². The molecule has 0 spiro atoms. The first kappa shape index (κ1) is 14.6. The molecular weight excluding hydrogens is 248 g/mol. The van der Waals surface area contributed by atoms with Gasteiger partial charge in [-0.3, -0.25) is 0 Å². The fraction of sp³-hybridized carbons (Fsp3) is 0.462. The van der Waals surface area contributed by atoms with Gasteiger partial charge in [-0.2, -0.15) is 0 Å². The second kappa shape index (κ2) is 5.91. The summed E-state index contributed by atoms with van der Waals surface area (Å²) in [5.74, 6) is 1.36. The Morgan fingerprint density at radius 2 is 1.72 bits per heavy atom. The third kappa shape index (κ3) is 4.41. The lowest BCUT2D eigenvalue weighted by atomic mass is 10.1. The second-order valence-electron chi connectivity index (χ2n) is 4.90. The minimum atomic E-state index is -0.0688. The number of ether oxygens (including phenoxy) is 2. The molecule has 0 radical (unpaired) electrons. The molecule has 1 aromatic carbocycles. The Bertz CT molecular complexity index is 427. The molecule has 5 heteroatoms. The van der Waals surface area contributed by atoms with Crippen LogP contribution in [0.3, 0.4) is 0 Å². The van der Waals surface area contributed by atoms with E-state index in [9.17, 15) is 0 Å². The molecule has 0 unspecified atom stereocenters. The van der Waals surface area contributed by atoms with Crippen molar-refractivity contribution in [3.63, 3.8) is 0 Å². The predicted molar refractivity (Wildman–Crippen MR) is 78.7 cm³/mol. The summed E-state index contributed by atoms with van der Waals surface area (Å²) in [7, 11) is 3.21. The lowest BCUT2D eigenvalue weighted by molar-refractivity contribution is 0.355. The van der Waals surface area contributed by atoms with Crippen LogP contribution in [0.1, 0.15) is 20.8 Å². The minimum absolute atomic E-state index is 0.0688. The number of rotatable bonds is 3. The number of thiocarbonyl (C=S) groups is 1. The van der Waals surface area contributed by atoms with E-state index in [2.05, 4.69) is 31.4 Å². The van der Waals surface area contributed by atoms with E-state index in [1.807, 2.05) is 18.2 Å². The number of anilines is 1. The van der Waals surface area contributed by atoms with E-state index in [1.165, 1.54) is 0 Å². The first-order valence-electron chi connectivity index (χ1n) is 5.67. The topological polar surface area (TPSA) is 42.5 Å². The SMILES string of the molecule is COc1ccc(NC(=S)NC(C)(C)C)cc1OC. The van der Waals surface area contributed by atoms with Crippen LogP contribution in [0.2, 0.25) is 0 Å². The van der Waals surface area contributed by atoms with Crippen LogP contribution < -0.4 is 20.1 Å². The Hall–Kier alpha value is -1.49. The third-order valence-electron chi connectivity index (χ3n) is 2.13. The summed E-state index contributed by atoms with van der Waals surface area (Å²) < 4.78 is 10.4. The molecule has 0 amide bonds. The van der Waals surface area contributed by atoms with Crippen molar-refractivity contribution >= 4 is 23.0 Å². The van der Waals surface area contributed by atoms with E-state index in [1.54, 1.807) is 14.2 Å². The van der Waals surface area contributed by atoms with Crippen molar-refractivity contribution in [3.05, 3.63) is 18.2 Å². The van der Waals surface area contributed by atoms with Gasteiger partial charge in [0.05, 0.1) is 14.2 Å². The molecule has 0 saturated heterocycles. The van der Waals surface area contributed by atoms with Crippen LogP contribution >= 0.6 is 12.2 Å². The van der Waals surface area contributed by atoms with E-state index in [0.29, 0.717) is 16.6 Å². The van der Waals surface area contributed by atoms with Crippen molar-refractivity contribution in [1.82, 2.24) is 5.32 Å². The summed E-state index contributed by atoms with van der Waals surface area (Å²) in [4.78, 5) is 0. The van der Waals surface area contributed by atoms with Gasteiger partial charge in [0.25, 0.3) is 0 Å². The maximum Gasteiger partial charge on any atom is 0.171 e. The number of nitrogens with one attached hydrogen (secondary N) is 2. The predicted octanol–water partition coefficient (Wildman–Crippen LogP) is 2.79. The highest BCUT2D eigenvalue weighted by Crippen LogP contribution is 2.29. The van der Waals surface area contributed by atoms with Crippen LogP contribution in [0, 0.1) is 0 Å². The number of hydrogen-bond acceptors (Lipinski definition) is 3. The Morgan fingerprint density at radius 3 is 2.22 bits per heavy atom. The molecule has 0 bridgehead atoms. The Balaban J connectivity index is 2.76. The number of hydrogen-bond donors (Lipinski definition) is 2. The van der Waals surface area contributed by atoms with Crippen molar-refractivity contribution in [3.8, 4) is 11.5 Å². The first-order chi connectivity index (χ1) is 8.35. The minimum Gasteiger partial charge on any atom is -0.493 e. The van der Waals surface area contributed by atoms with Gasteiger partial charge in [-0.25, -0.2) is 0 Å². The number of benzene rings is 1. The highest BCUT2D eigenvalue weighted by atomic mass is 32.1. The highest BCUT2D eigenvalue weighted by molar-refractivity contribution is 7.80. The summed E-state index contributed by atoms with van der Waals surface area (Å²) in [6.07, 6.45) is 0. The average Bonchev–Trinajstić information content (AvgIpc) is 2.26. The van der Waals surface area contributed by atoms with Crippen LogP contribution in [-0.4, -0.2) is 24.9 Å². The van der Waals surface area contributed by atoms with Gasteiger partial charge in [-0.05, 0) is 45.1 Å². The summed E-state index contributed by atoms with van der Waals surface area (Å²) in [6, 6.07) is 5.56. The molecule has 0 saturated carbocycles. The van der Waals surface area contributed by atoms with Crippen molar-refractivity contribution in [1.29, 1.82) is 0 Å². The normalized spacial score (nSPS) is 10.7. The van der Waals surface area contributed by atoms with Gasteiger partial charge >= 0.3 is 0 Å². The zero-order valence-corrected chi connectivity index (χ0v) is 12.3. The smallest absolute Gasteiger partial charge is 0.171 e. The fourth-order valence-corrected chi connectivity index (χ4v) is 1.84. The molecule has 0 heterocycles. The van der Waals surface area contributed by atoms with Crippen LogP contribution in [0.25, 0.3) is 0 Å². The summed E-state index contributed by atoms with van der Waals surface area (Å²) in [5, 5.41) is 6.87. The molecule has 100 valence electrons. The van der Waals surface area contributed by atoms with Gasteiger partial charge in [-0.15, -0.1) is 0 Å². The molecule has 0 aromatic heterocycles. The van der Waals surface area contributed by atoms with Gasteiger partial charge in [0, 0.05) is 17.3 Å². The third-order valence-corrected chi connectivity index (χ3v) is 2.33. The quantitative estimate of drug-likeness (QED) is 0.825. The van der Waals surface area contributed by atoms with Gasteiger partial charge in [0.1, 0.15) is 0 Å². The van der Waals surface area contributed by atoms with Crippen molar-refractivity contribution in [2.24, 2.45) is 0 Å². The van der Waals surface area contributed by atoms with Crippen LogP contribution in [-0.2, 0) is 0 Å². The second-order valence-corrected chi connectivity index (χ2v) is 5.31. The Labute approximate surface area is 114 Å². The van der Waals surface area contributed by atoms with Gasteiger partial charge in [0.15, 0.2) is 16.6 Å². The molecular formula is C13H20N2O2S. The molecule has 1 rings (SSSR count). The largest absolute Gasteiger partial charge is 0.493 e. The van der Waals surface area contributed by atoms with Crippen molar-refractivity contribution in [2.75, 3.05) is 19.5 Å². The summed E-state index contributed by atoms with van der Waals surface area (Å²) in [5.41, 5.74) is 0.787. The van der Waals surface area contributed by atoms with Crippen LogP contribution in [0.15, 0.2) is 18.2 Å². The van der Waals surface area contributed by atoms with E-state index in [-0.39, 0.29) is 5.54 Å². The summed E-state index contributed by atoms with van der Waals surface area (Å²) >= 11 is 5.23. The summed E-state index contributed by atoms with van der Waals surface area (Å²) in [6.45, 7) is 6.15. The molecule has 4 nitrogen and oxygen atoms in total. The van der Waals surface area contributed by atoms with Crippen LogP contribution in [0.4, 0.5) is 5.69 Å². The first-order valence-corrected chi connectivity index (χ1v) is 6.08. The monoisotopic (exact) mass is 268 g/mol. The lowest BCUT2D eigenvalue weighted by Gasteiger charge is -2.23. The molecule has 0 aliphatic rings. The van der Waals surface area contributed by atoms with Crippen molar-refractivity contribution < 1.29 is 9.47 Å². The van der Waals surface area contributed by atoms with E-state index in [4.69, 9.17) is 21.7 Å². The molecule has 18 heavy (non-hydrogen) atoms. The average molecular weight is 268 g/mol. The molecule has 1 aromatic rings. The molecule has 0 fully saturated rings. The zero-order valence-electron chi connectivity index (χ0n) is 11.5. The van der Waals surface area contributed by atoms with E-state index < -0.39 is 0 Å². The molecule has 0 aliphatic heterocycles. The standard InChI is InChI=1S/C13H20N2O2S/c1-13(2,3)15-12(18)14-9-6-7-10(16-4)11(8-9)17-5/h6-8H,1-5H3,(H2,14,15,18).